The number of para-hydroxylation sites is 1. The molecule has 1 aromatic heterocycles. The summed E-state index contributed by atoms with van der Waals surface area (Å²) in [5.74, 6) is 0.263. The first-order chi connectivity index (χ1) is 17.6. The molecule has 1 fully saturated rings. The molecule has 7 heteroatoms. The smallest absolute Gasteiger partial charge is 0.300 e. The number of carbonyl (C=O) groups excluding carboxylic acids is 2. The molecule has 7 nitrogen and oxygen atoms in total. The molecule has 1 atom stereocenters. The highest BCUT2D eigenvalue weighted by Crippen LogP contribution is 2.43. The predicted molar refractivity (Wildman–Crippen MR) is 134 cm³/mol. The minimum Gasteiger partial charge on any atom is -0.507 e. The van der Waals surface area contributed by atoms with E-state index in [4.69, 9.17) is 13.9 Å². The number of hydrogen-bond acceptors (Lipinski definition) is 6. The summed E-state index contributed by atoms with van der Waals surface area (Å²) in [6.07, 6.45) is 1.46. The van der Waals surface area contributed by atoms with E-state index in [2.05, 4.69) is 0 Å². The van der Waals surface area contributed by atoms with Crippen LogP contribution in [-0.2, 0) is 9.59 Å². The molecule has 1 aliphatic heterocycles. The Morgan fingerprint density at radius 2 is 1.61 bits per heavy atom. The lowest BCUT2D eigenvalue weighted by molar-refractivity contribution is -0.132. The number of anilines is 1. The normalized spacial score (nSPS) is 16.8. The molecular weight excluding hydrogens is 458 g/mol. The Balaban J connectivity index is 1.55. The van der Waals surface area contributed by atoms with E-state index in [1.54, 1.807) is 60.7 Å². The van der Waals surface area contributed by atoms with Gasteiger partial charge in [-0.1, -0.05) is 30.3 Å². The summed E-state index contributed by atoms with van der Waals surface area (Å²) in [6, 6.07) is 25.3. The second-order valence-corrected chi connectivity index (χ2v) is 8.05. The third-order valence-corrected chi connectivity index (χ3v) is 5.77. The van der Waals surface area contributed by atoms with Gasteiger partial charge in [-0.15, -0.1) is 0 Å². The van der Waals surface area contributed by atoms with E-state index in [1.807, 2.05) is 37.3 Å². The average Bonchev–Trinajstić information content (AvgIpc) is 3.52. The quantitative estimate of drug-likeness (QED) is 0.195. The SMILES string of the molecule is CCOc1cccc(/C(O)=C2/C(=O)C(=O)N(c3ccc(Oc4ccccc4)cc3)C2c2ccco2)c1. The number of carbonyl (C=O) groups is 2. The maximum absolute atomic E-state index is 13.2. The van der Waals surface area contributed by atoms with Gasteiger partial charge in [0.15, 0.2) is 0 Å². The fraction of sp³-hybridized carbons (Fsp3) is 0.103. The van der Waals surface area contributed by atoms with Crippen LogP contribution in [-0.4, -0.2) is 23.4 Å². The summed E-state index contributed by atoms with van der Waals surface area (Å²) >= 11 is 0. The fourth-order valence-electron chi connectivity index (χ4n) is 4.17. The standard InChI is InChI=1S/C29H23NO6/c1-2-34-23-11-6-8-19(18-23)27(31)25-26(24-12-7-17-35-24)30(29(33)28(25)32)20-13-15-22(16-14-20)36-21-9-4-3-5-10-21/h3-18,26,31H,2H2,1H3/b27-25-. The van der Waals surface area contributed by atoms with Crippen molar-refractivity contribution in [1.29, 1.82) is 0 Å². The number of furan rings is 1. The van der Waals surface area contributed by atoms with Crippen molar-refractivity contribution in [3.05, 3.63) is 114 Å². The van der Waals surface area contributed by atoms with Crippen LogP contribution >= 0.6 is 0 Å². The Hall–Kier alpha value is -4.78. The Bertz CT molecular complexity index is 1410. The minimum absolute atomic E-state index is 0.0618. The lowest BCUT2D eigenvalue weighted by Crippen LogP contribution is -2.29. The molecule has 1 aliphatic rings. The maximum atomic E-state index is 13.2. The van der Waals surface area contributed by atoms with Crippen molar-refractivity contribution in [3.8, 4) is 17.2 Å². The van der Waals surface area contributed by atoms with Gasteiger partial charge >= 0.3 is 0 Å². The zero-order chi connectivity index (χ0) is 25.1. The summed E-state index contributed by atoms with van der Waals surface area (Å²) in [4.78, 5) is 27.8. The molecule has 0 bridgehead atoms. The summed E-state index contributed by atoms with van der Waals surface area (Å²) in [5.41, 5.74) is 0.761. The van der Waals surface area contributed by atoms with Gasteiger partial charge in [0, 0.05) is 11.3 Å². The monoisotopic (exact) mass is 481 g/mol. The number of nitrogens with zero attached hydrogens (tertiary/aromatic N) is 1. The van der Waals surface area contributed by atoms with Crippen LogP contribution in [0.1, 0.15) is 24.3 Å². The van der Waals surface area contributed by atoms with E-state index >= 15 is 0 Å². The van der Waals surface area contributed by atoms with Gasteiger partial charge in [0.25, 0.3) is 11.7 Å². The molecule has 0 spiro atoms. The van der Waals surface area contributed by atoms with Crippen LogP contribution in [0, 0.1) is 0 Å². The Morgan fingerprint density at radius 3 is 2.31 bits per heavy atom. The third kappa shape index (κ3) is 4.34. The van der Waals surface area contributed by atoms with Crippen molar-refractivity contribution in [1.82, 2.24) is 0 Å². The zero-order valence-corrected chi connectivity index (χ0v) is 19.5. The second kappa shape index (κ2) is 9.84. The molecule has 0 aliphatic carbocycles. The fourth-order valence-corrected chi connectivity index (χ4v) is 4.17. The third-order valence-electron chi connectivity index (χ3n) is 5.77. The lowest BCUT2D eigenvalue weighted by atomic mass is 9.99. The topological polar surface area (TPSA) is 89.2 Å². The number of Topliss-reactive ketones (excluding diaryl/α,β-unsaturated/α-hetero) is 1. The van der Waals surface area contributed by atoms with Crippen LogP contribution in [0.5, 0.6) is 17.2 Å². The largest absolute Gasteiger partial charge is 0.507 e. The highest BCUT2D eigenvalue weighted by Gasteiger charge is 2.48. The maximum Gasteiger partial charge on any atom is 0.300 e. The van der Waals surface area contributed by atoms with Crippen LogP contribution in [0.25, 0.3) is 5.76 Å². The van der Waals surface area contributed by atoms with Crippen LogP contribution in [0.4, 0.5) is 5.69 Å². The molecule has 0 saturated carbocycles. The van der Waals surface area contributed by atoms with E-state index in [0.29, 0.717) is 40.9 Å². The molecule has 4 aromatic rings. The molecule has 5 rings (SSSR count). The van der Waals surface area contributed by atoms with Crippen LogP contribution in [0.15, 0.2) is 107 Å². The number of amides is 1. The highest BCUT2D eigenvalue weighted by molar-refractivity contribution is 6.51. The van der Waals surface area contributed by atoms with Gasteiger partial charge in [-0.25, -0.2) is 0 Å². The van der Waals surface area contributed by atoms with Crippen LogP contribution < -0.4 is 14.4 Å². The van der Waals surface area contributed by atoms with Crippen molar-refractivity contribution in [2.45, 2.75) is 13.0 Å². The summed E-state index contributed by atoms with van der Waals surface area (Å²) < 4.78 is 17.0. The molecule has 2 heterocycles. The van der Waals surface area contributed by atoms with Crippen molar-refractivity contribution < 1.29 is 28.6 Å². The van der Waals surface area contributed by atoms with Gasteiger partial charge < -0.3 is 19.0 Å². The Labute approximate surface area is 207 Å². The first-order valence-corrected chi connectivity index (χ1v) is 11.5. The predicted octanol–water partition coefficient (Wildman–Crippen LogP) is 6.10. The lowest BCUT2D eigenvalue weighted by Gasteiger charge is -2.23. The minimum atomic E-state index is -0.948. The van der Waals surface area contributed by atoms with E-state index in [-0.39, 0.29) is 11.3 Å². The van der Waals surface area contributed by atoms with Crippen LogP contribution in [0.3, 0.4) is 0 Å². The Kier molecular flexibility index (Phi) is 6.28. The van der Waals surface area contributed by atoms with E-state index in [0.717, 1.165) is 0 Å². The number of rotatable bonds is 7. The van der Waals surface area contributed by atoms with Crippen LogP contribution in [0.2, 0.25) is 0 Å². The molecule has 1 unspecified atom stereocenters. The van der Waals surface area contributed by atoms with Gasteiger partial charge in [0.2, 0.25) is 0 Å². The van der Waals surface area contributed by atoms with E-state index in [9.17, 15) is 14.7 Å². The molecule has 1 saturated heterocycles. The molecule has 0 radical (unpaired) electrons. The highest BCUT2D eigenvalue weighted by atomic mass is 16.5. The molecular formula is C29H23NO6. The average molecular weight is 482 g/mol. The summed E-state index contributed by atoms with van der Waals surface area (Å²) in [7, 11) is 0. The van der Waals surface area contributed by atoms with Gasteiger partial charge in [-0.05, 0) is 67.6 Å². The second-order valence-electron chi connectivity index (χ2n) is 8.05. The summed E-state index contributed by atoms with van der Waals surface area (Å²) in [5, 5.41) is 11.2. The van der Waals surface area contributed by atoms with Crippen molar-refractivity contribution in [3.63, 3.8) is 0 Å². The van der Waals surface area contributed by atoms with Crippen molar-refractivity contribution >= 4 is 23.1 Å². The van der Waals surface area contributed by atoms with Gasteiger partial charge in [0.1, 0.15) is 34.8 Å². The molecule has 3 aromatic carbocycles. The zero-order valence-electron chi connectivity index (χ0n) is 19.5. The Morgan fingerprint density at radius 1 is 0.889 bits per heavy atom. The first kappa shape index (κ1) is 23.0. The number of hydrogen-bond donors (Lipinski definition) is 1. The summed E-state index contributed by atoms with van der Waals surface area (Å²) in [6.45, 7) is 2.30. The van der Waals surface area contributed by atoms with Gasteiger partial charge in [-0.2, -0.15) is 0 Å². The van der Waals surface area contributed by atoms with E-state index in [1.165, 1.54) is 11.2 Å². The van der Waals surface area contributed by atoms with Crippen molar-refractivity contribution in [2.75, 3.05) is 11.5 Å². The van der Waals surface area contributed by atoms with Crippen molar-refractivity contribution in [2.24, 2.45) is 0 Å². The number of benzene rings is 3. The van der Waals surface area contributed by atoms with Gasteiger partial charge in [0.05, 0.1) is 18.4 Å². The molecule has 180 valence electrons. The number of ketones is 1. The van der Waals surface area contributed by atoms with Gasteiger partial charge in [-0.3, -0.25) is 14.5 Å². The molecule has 36 heavy (non-hydrogen) atoms. The molecule has 1 amide bonds. The first-order valence-electron chi connectivity index (χ1n) is 11.5. The number of ether oxygens (including phenoxy) is 2. The number of aliphatic hydroxyl groups excluding tert-OH is 1. The molecule has 1 N–H and O–H groups in total. The number of aliphatic hydroxyl groups is 1. The van der Waals surface area contributed by atoms with E-state index < -0.39 is 17.7 Å².